The van der Waals surface area contributed by atoms with Crippen LogP contribution in [-0.4, -0.2) is 30.0 Å². The molecular weight excluding hydrogens is 226 g/mol. The Bertz CT molecular complexity index is 381. The standard InChI is InChI=1S/C11H15NO3S/c1-7(6-13)16-10-4-3-8(5-9(10)12)11(14)15-2/h3-5,7,13H,6,12H2,1-2H3. The van der Waals surface area contributed by atoms with E-state index in [0.29, 0.717) is 11.3 Å². The first kappa shape index (κ1) is 12.9. The van der Waals surface area contributed by atoms with E-state index in [1.807, 2.05) is 6.92 Å². The van der Waals surface area contributed by atoms with E-state index < -0.39 is 5.97 Å². The second-order valence-corrected chi connectivity index (χ2v) is 4.84. The van der Waals surface area contributed by atoms with Crippen LogP contribution in [0.25, 0.3) is 0 Å². The summed E-state index contributed by atoms with van der Waals surface area (Å²) in [5, 5.41) is 9.01. The molecule has 4 nitrogen and oxygen atoms in total. The number of benzene rings is 1. The SMILES string of the molecule is COC(=O)c1ccc(SC(C)CO)c(N)c1. The van der Waals surface area contributed by atoms with Crippen LogP contribution in [0.2, 0.25) is 0 Å². The third-order valence-corrected chi connectivity index (χ3v) is 3.19. The zero-order valence-electron chi connectivity index (χ0n) is 9.27. The topological polar surface area (TPSA) is 72.5 Å². The van der Waals surface area contributed by atoms with Crippen LogP contribution in [0.4, 0.5) is 5.69 Å². The van der Waals surface area contributed by atoms with Crippen molar-refractivity contribution in [3.63, 3.8) is 0 Å². The number of aliphatic hydroxyl groups is 1. The number of aliphatic hydroxyl groups excluding tert-OH is 1. The van der Waals surface area contributed by atoms with Crippen LogP contribution in [0.5, 0.6) is 0 Å². The van der Waals surface area contributed by atoms with Crippen molar-refractivity contribution in [2.24, 2.45) is 0 Å². The Morgan fingerprint density at radius 1 is 1.62 bits per heavy atom. The quantitative estimate of drug-likeness (QED) is 0.475. The van der Waals surface area contributed by atoms with E-state index in [9.17, 15) is 4.79 Å². The maximum atomic E-state index is 11.2. The van der Waals surface area contributed by atoms with Crippen LogP contribution in [0, 0.1) is 0 Å². The summed E-state index contributed by atoms with van der Waals surface area (Å²) in [6, 6.07) is 5.01. The summed E-state index contributed by atoms with van der Waals surface area (Å²) in [6.45, 7) is 1.99. The predicted molar refractivity (Wildman–Crippen MR) is 64.6 cm³/mol. The Balaban J connectivity index is 2.87. The fraction of sp³-hybridized carbons (Fsp3) is 0.364. The van der Waals surface area contributed by atoms with Crippen molar-refractivity contribution in [1.82, 2.24) is 0 Å². The van der Waals surface area contributed by atoms with Gasteiger partial charge < -0.3 is 15.6 Å². The van der Waals surface area contributed by atoms with E-state index >= 15 is 0 Å². The van der Waals surface area contributed by atoms with Gasteiger partial charge in [0.15, 0.2) is 0 Å². The molecule has 0 spiro atoms. The molecular formula is C11H15NO3S. The van der Waals surface area contributed by atoms with E-state index in [0.717, 1.165) is 4.90 Å². The molecule has 0 radical (unpaired) electrons. The maximum Gasteiger partial charge on any atom is 0.337 e. The Morgan fingerprint density at radius 3 is 2.81 bits per heavy atom. The van der Waals surface area contributed by atoms with Gasteiger partial charge in [-0.2, -0.15) is 0 Å². The van der Waals surface area contributed by atoms with E-state index in [4.69, 9.17) is 10.8 Å². The molecule has 16 heavy (non-hydrogen) atoms. The molecule has 0 aliphatic heterocycles. The van der Waals surface area contributed by atoms with Gasteiger partial charge in [0.1, 0.15) is 0 Å². The lowest BCUT2D eigenvalue weighted by molar-refractivity contribution is 0.0600. The molecule has 3 N–H and O–H groups in total. The average Bonchev–Trinajstić information content (AvgIpc) is 2.30. The first-order valence-electron chi connectivity index (χ1n) is 4.83. The second kappa shape index (κ2) is 5.77. The number of hydrogen-bond acceptors (Lipinski definition) is 5. The van der Waals surface area contributed by atoms with Crippen molar-refractivity contribution in [1.29, 1.82) is 0 Å². The van der Waals surface area contributed by atoms with Crippen LogP contribution in [0.1, 0.15) is 17.3 Å². The fourth-order valence-electron chi connectivity index (χ4n) is 1.15. The van der Waals surface area contributed by atoms with Crippen molar-refractivity contribution in [2.45, 2.75) is 17.1 Å². The number of nitrogens with two attached hydrogens (primary N) is 1. The monoisotopic (exact) mass is 241 g/mol. The smallest absolute Gasteiger partial charge is 0.337 e. The minimum atomic E-state index is -0.404. The number of esters is 1. The largest absolute Gasteiger partial charge is 0.465 e. The number of carbonyl (C=O) groups excluding carboxylic acids is 1. The highest BCUT2D eigenvalue weighted by atomic mass is 32.2. The number of methoxy groups -OCH3 is 1. The molecule has 1 unspecified atom stereocenters. The van der Waals surface area contributed by atoms with Gasteiger partial charge in [-0.3, -0.25) is 0 Å². The molecule has 1 aromatic carbocycles. The van der Waals surface area contributed by atoms with Crippen LogP contribution < -0.4 is 5.73 Å². The molecule has 0 amide bonds. The molecule has 1 rings (SSSR count). The second-order valence-electron chi connectivity index (χ2n) is 3.36. The normalized spacial score (nSPS) is 12.2. The first-order chi connectivity index (χ1) is 7.58. The highest BCUT2D eigenvalue weighted by molar-refractivity contribution is 8.00. The maximum absolute atomic E-state index is 11.2. The van der Waals surface area contributed by atoms with Crippen molar-refractivity contribution < 1.29 is 14.6 Å². The van der Waals surface area contributed by atoms with Gasteiger partial charge in [0.2, 0.25) is 0 Å². The molecule has 0 saturated heterocycles. The summed E-state index contributed by atoms with van der Waals surface area (Å²) in [7, 11) is 1.33. The van der Waals surface area contributed by atoms with E-state index in [2.05, 4.69) is 4.74 Å². The van der Waals surface area contributed by atoms with Gasteiger partial charge in [-0.15, -0.1) is 11.8 Å². The number of ether oxygens (including phenoxy) is 1. The van der Waals surface area contributed by atoms with E-state index in [1.165, 1.54) is 18.9 Å². The van der Waals surface area contributed by atoms with Gasteiger partial charge >= 0.3 is 5.97 Å². The van der Waals surface area contributed by atoms with Crippen LogP contribution in [0.15, 0.2) is 23.1 Å². The van der Waals surface area contributed by atoms with E-state index in [1.54, 1.807) is 18.2 Å². The molecule has 0 heterocycles. The Hall–Kier alpha value is -1.20. The number of rotatable bonds is 4. The summed E-state index contributed by atoms with van der Waals surface area (Å²) in [6.07, 6.45) is 0. The average molecular weight is 241 g/mol. The summed E-state index contributed by atoms with van der Waals surface area (Å²) < 4.78 is 4.59. The third kappa shape index (κ3) is 3.15. The van der Waals surface area contributed by atoms with Crippen LogP contribution in [-0.2, 0) is 4.74 Å². The van der Waals surface area contributed by atoms with Crippen molar-refractivity contribution in [2.75, 3.05) is 19.5 Å². The third-order valence-electron chi connectivity index (χ3n) is 2.02. The molecule has 1 atom stereocenters. The number of thioether (sulfide) groups is 1. The predicted octanol–water partition coefficient (Wildman–Crippen LogP) is 1.53. The van der Waals surface area contributed by atoms with Crippen molar-refractivity contribution >= 4 is 23.4 Å². The molecule has 5 heteroatoms. The minimum absolute atomic E-state index is 0.0753. The van der Waals surface area contributed by atoms with Crippen LogP contribution >= 0.6 is 11.8 Å². The Morgan fingerprint density at radius 2 is 2.31 bits per heavy atom. The van der Waals surface area contributed by atoms with Gasteiger partial charge in [0, 0.05) is 15.8 Å². The molecule has 0 aromatic heterocycles. The van der Waals surface area contributed by atoms with Gasteiger partial charge in [-0.1, -0.05) is 6.92 Å². The van der Waals surface area contributed by atoms with E-state index in [-0.39, 0.29) is 11.9 Å². The summed E-state index contributed by atoms with van der Waals surface area (Å²) >= 11 is 1.47. The summed E-state index contributed by atoms with van der Waals surface area (Å²) in [5.41, 5.74) is 6.76. The lowest BCUT2D eigenvalue weighted by Gasteiger charge is -2.10. The lowest BCUT2D eigenvalue weighted by Crippen LogP contribution is -2.05. The Kier molecular flexibility index (Phi) is 4.64. The highest BCUT2D eigenvalue weighted by Gasteiger charge is 2.10. The van der Waals surface area contributed by atoms with Crippen molar-refractivity contribution in [3.05, 3.63) is 23.8 Å². The zero-order chi connectivity index (χ0) is 12.1. The minimum Gasteiger partial charge on any atom is -0.465 e. The highest BCUT2D eigenvalue weighted by Crippen LogP contribution is 2.29. The molecule has 0 aliphatic rings. The molecule has 0 aliphatic carbocycles. The molecule has 0 fully saturated rings. The molecule has 0 saturated carbocycles. The number of carbonyl (C=O) groups is 1. The molecule has 0 bridgehead atoms. The number of hydrogen-bond donors (Lipinski definition) is 2. The molecule has 1 aromatic rings. The Labute approximate surface area is 98.8 Å². The van der Waals surface area contributed by atoms with Gasteiger partial charge in [-0.25, -0.2) is 4.79 Å². The zero-order valence-corrected chi connectivity index (χ0v) is 10.1. The van der Waals surface area contributed by atoms with Crippen molar-refractivity contribution in [3.8, 4) is 0 Å². The summed E-state index contributed by atoms with van der Waals surface area (Å²) in [4.78, 5) is 12.1. The number of anilines is 1. The van der Waals surface area contributed by atoms with Gasteiger partial charge in [-0.05, 0) is 18.2 Å². The fourth-order valence-corrected chi connectivity index (χ4v) is 2.00. The number of nitrogen functional groups attached to an aromatic ring is 1. The first-order valence-corrected chi connectivity index (χ1v) is 5.71. The summed E-state index contributed by atoms with van der Waals surface area (Å²) in [5.74, 6) is -0.404. The van der Waals surface area contributed by atoms with Crippen LogP contribution in [0.3, 0.4) is 0 Å². The lowest BCUT2D eigenvalue weighted by atomic mass is 10.2. The molecule has 88 valence electrons. The van der Waals surface area contributed by atoms with Gasteiger partial charge in [0.25, 0.3) is 0 Å². The van der Waals surface area contributed by atoms with Gasteiger partial charge in [0.05, 0.1) is 19.3 Å².